The Labute approximate surface area is 182 Å². The van der Waals surface area contributed by atoms with Crippen molar-refractivity contribution in [2.75, 3.05) is 7.11 Å². The summed E-state index contributed by atoms with van der Waals surface area (Å²) in [7, 11) is 1.40. The Morgan fingerprint density at radius 1 is 1.20 bits per heavy atom. The Hall–Kier alpha value is -2.67. The van der Waals surface area contributed by atoms with Crippen LogP contribution >= 0.6 is 15.9 Å². The molecule has 3 aromatic rings. The standard InChI is InChI=1S/C23H23BrFNO4/c1-6-12(2)19-20-18(11-17(25)22(19)29-5)26(13(3)21(20)30-14(4)27)23(28)15-7-9-16(24)10-8-15/h7-12H,6H2,1-5H3/t12-/m1/s1. The second-order valence-corrected chi connectivity index (χ2v) is 8.08. The second kappa shape index (κ2) is 8.60. The van der Waals surface area contributed by atoms with E-state index >= 15 is 4.39 Å². The molecule has 0 radical (unpaired) electrons. The van der Waals surface area contributed by atoms with Crippen LogP contribution in [0.4, 0.5) is 4.39 Å². The minimum Gasteiger partial charge on any atom is -0.493 e. The predicted molar refractivity (Wildman–Crippen MR) is 117 cm³/mol. The summed E-state index contributed by atoms with van der Waals surface area (Å²) in [6.07, 6.45) is 0.708. The van der Waals surface area contributed by atoms with Crippen LogP contribution in [0.15, 0.2) is 34.8 Å². The number of nitrogens with zero attached hydrogens (tertiary/aromatic N) is 1. The normalized spacial score (nSPS) is 12.1. The number of benzene rings is 2. The van der Waals surface area contributed by atoms with E-state index in [2.05, 4.69) is 15.9 Å². The van der Waals surface area contributed by atoms with Gasteiger partial charge in [-0.25, -0.2) is 4.39 Å². The maximum atomic E-state index is 15.0. The Kier molecular flexibility index (Phi) is 6.31. The lowest BCUT2D eigenvalue weighted by Gasteiger charge is -2.17. The molecule has 158 valence electrons. The molecule has 0 fully saturated rings. The van der Waals surface area contributed by atoms with E-state index < -0.39 is 11.8 Å². The molecule has 0 unspecified atom stereocenters. The Balaban J connectivity index is 2.43. The van der Waals surface area contributed by atoms with Crippen LogP contribution in [0.25, 0.3) is 10.9 Å². The highest BCUT2D eigenvalue weighted by Crippen LogP contribution is 2.45. The van der Waals surface area contributed by atoms with Crippen molar-refractivity contribution in [3.05, 3.63) is 57.4 Å². The number of rotatable bonds is 5. The quantitative estimate of drug-likeness (QED) is 0.425. The zero-order chi connectivity index (χ0) is 22.2. The number of aromatic nitrogens is 1. The number of hydrogen-bond acceptors (Lipinski definition) is 4. The van der Waals surface area contributed by atoms with Gasteiger partial charge in [0, 0.05) is 28.6 Å². The molecule has 1 heterocycles. The van der Waals surface area contributed by atoms with E-state index in [1.807, 2.05) is 13.8 Å². The summed E-state index contributed by atoms with van der Waals surface area (Å²) < 4.78 is 28.1. The fourth-order valence-electron chi connectivity index (χ4n) is 3.65. The molecule has 0 bridgehead atoms. The minimum atomic E-state index is -0.572. The molecule has 2 aromatic carbocycles. The Bertz CT molecular complexity index is 1130. The van der Waals surface area contributed by atoms with Crippen LogP contribution in [0.1, 0.15) is 54.7 Å². The fourth-order valence-corrected chi connectivity index (χ4v) is 3.91. The predicted octanol–water partition coefficient (Wildman–Crippen LogP) is 5.99. The zero-order valence-corrected chi connectivity index (χ0v) is 19.1. The monoisotopic (exact) mass is 475 g/mol. The van der Waals surface area contributed by atoms with Gasteiger partial charge in [-0.3, -0.25) is 14.2 Å². The van der Waals surface area contributed by atoms with Crippen LogP contribution < -0.4 is 9.47 Å². The number of esters is 1. The average molecular weight is 476 g/mol. The third-order valence-electron chi connectivity index (χ3n) is 5.23. The van der Waals surface area contributed by atoms with Crippen LogP contribution in [0.3, 0.4) is 0 Å². The Morgan fingerprint density at radius 3 is 2.37 bits per heavy atom. The van der Waals surface area contributed by atoms with Crippen LogP contribution in [0.2, 0.25) is 0 Å². The van der Waals surface area contributed by atoms with E-state index in [4.69, 9.17) is 9.47 Å². The van der Waals surface area contributed by atoms with Gasteiger partial charge in [-0.15, -0.1) is 0 Å². The molecule has 7 heteroatoms. The molecule has 0 N–H and O–H groups in total. The number of fused-ring (bicyclic) bond motifs is 1. The van der Waals surface area contributed by atoms with Gasteiger partial charge in [-0.1, -0.05) is 29.8 Å². The lowest BCUT2D eigenvalue weighted by molar-refractivity contribution is -0.131. The van der Waals surface area contributed by atoms with E-state index in [9.17, 15) is 9.59 Å². The number of halogens is 2. The summed E-state index contributed by atoms with van der Waals surface area (Å²) in [5.74, 6) is -1.19. The van der Waals surface area contributed by atoms with Gasteiger partial charge in [-0.2, -0.15) is 0 Å². The number of ether oxygens (including phenoxy) is 2. The third kappa shape index (κ3) is 3.74. The van der Waals surface area contributed by atoms with Gasteiger partial charge in [-0.05, 0) is 43.5 Å². The highest BCUT2D eigenvalue weighted by Gasteiger charge is 2.29. The van der Waals surface area contributed by atoms with Crippen LogP contribution in [-0.2, 0) is 4.79 Å². The molecular formula is C23H23BrFNO4. The van der Waals surface area contributed by atoms with Gasteiger partial charge in [0.2, 0.25) is 0 Å². The summed E-state index contributed by atoms with van der Waals surface area (Å²) in [4.78, 5) is 25.2. The molecule has 0 saturated carbocycles. The van der Waals surface area contributed by atoms with Crippen LogP contribution in [0, 0.1) is 12.7 Å². The lowest BCUT2D eigenvalue weighted by atomic mass is 9.93. The zero-order valence-electron chi connectivity index (χ0n) is 17.5. The first kappa shape index (κ1) is 22.0. The van der Waals surface area contributed by atoms with Gasteiger partial charge in [0.25, 0.3) is 5.91 Å². The van der Waals surface area contributed by atoms with Crippen molar-refractivity contribution in [2.45, 2.75) is 40.0 Å². The van der Waals surface area contributed by atoms with E-state index in [0.29, 0.717) is 34.1 Å². The summed E-state index contributed by atoms with van der Waals surface area (Å²) >= 11 is 3.36. The summed E-state index contributed by atoms with van der Waals surface area (Å²) in [5.41, 5.74) is 1.76. The molecule has 0 saturated heterocycles. The van der Waals surface area contributed by atoms with Crippen molar-refractivity contribution in [1.29, 1.82) is 0 Å². The summed E-state index contributed by atoms with van der Waals surface area (Å²) in [6.45, 7) is 6.89. The van der Waals surface area contributed by atoms with Gasteiger partial charge < -0.3 is 9.47 Å². The molecule has 3 rings (SSSR count). The maximum Gasteiger partial charge on any atom is 0.308 e. The Morgan fingerprint density at radius 2 is 1.83 bits per heavy atom. The number of hydrogen-bond donors (Lipinski definition) is 0. The first-order valence-electron chi connectivity index (χ1n) is 9.61. The largest absolute Gasteiger partial charge is 0.493 e. The van der Waals surface area contributed by atoms with Gasteiger partial charge >= 0.3 is 5.97 Å². The van der Waals surface area contributed by atoms with E-state index in [1.165, 1.54) is 24.7 Å². The molecule has 30 heavy (non-hydrogen) atoms. The SMILES string of the molecule is CC[C@@H](C)c1c(OC)c(F)cc2c1c(OC(C)=O)c(C)n2C(=O)c1ccc(Br)cc1. The molecule has 0 amide bonds. The van der Waals surface area contributed by atoms with Crippen molar-refractivity contribution in [2.24, 2.45) is 0 Å². The van der Waals surface area contributed by atoms with E-state index in [-0.39, 0.29) is 23.3 Å². The maximum absolute atomic E-state index is 15.0. The average Bonchev–Trinajstić information content (AvgIpc) is 2.96. The second-order valence-electron chi connectivity index (χ2n) is 7.16. The summed E-state index contributed by atoms with van der Waals surface area (Å²) in [5, 5.41) is 0.515. The number of methoxy groups -OCH3 is 1. The molecular weight excluding hydrogens is 453 g/mol. The first-order valence-corrected chi connectivity index (χ1v) is 10.4. The van der Waals surface area contributed by atoms with Crippen molar-refractivity contribution in [3.63, 3.8) is 0 Å². The highest BCUT2D eigenvalue weighted by molar-refractivity contribution is 9.10. The molecule has 0 aliphatic rings. The van der Waals surface area contributed by atoms with E-state index in [1.54, 1.807) is 31.2 Å². The first-order chi connectivity index (χ1) is 14.2. The molecule has 0 spiro atoms. The van der Waals surface area contributed by atoms with Gasteiger partial charge in [0.15, 0.2) is 17.3 Å². The van der Waals surface area contributed by atoms with Gasteiger partial charge in [0.05, 0.1) is 23.7 Å². The fraction of sp³-hybridized carbons (Fsp3) is 0.304. The topological polar surface area (TPSA) is 57.5 Å². The van der Waals surface area contributed by atoms with Crippen LogP contribution in [-0.4, -0.2) is 23.6 Å². The van der Waals surface area contributed by atoms with Gasteiger partial charge in [0.1, 0.15) is 0 Å². The number of carbonyl (C=O) groups is 2. The third-order valence-corrected chi connectivity index (χ3v) is 5.76. The van der Waals surface area contributed by atoms with Crippen molar-refractivity contribution >= 4 is 38.7 Å². The van der Waals surface area contributed by atoms with E-state index in [0.717, 1.165) is 4.47 Å². The molecule has 1 atom stereocenters. The lowest BCUT2D eigenvalue weighted by Crippen LogP contribution is -2.14. The highest BCUT2D eigenvalue weighted by atomic mass is 79.9. The minimum absolute atomic E-state index is 0.0921. The smallest absolute Gasteiger partial charge is 0.308 e. The van der Waals surface area contributed by atoms with Crippen LogP contribution in [0.5, 0.6) is 11.5 Å². The summed E-state index contributed by atoms with van der Waals surface area (Å²) in [6, 6.07) is 8.14. The van der Waals surface area contributed by atoms with Crippen molar-refractivity contribution < 1.29 is 23.5 Å². The van der Waals surface area contributed by atoms with Crippen molar-refractivity contribution in [3.8, 4) is 11.5 Å². The number of carbonyl (C=O) groups excluding carboxylic acids is 2. The molecule has 1 aromatic heterocycles. The molecule has 0 aliphatic carbocycles. The molecule has 0 aliphatic heterocycles. The van der Waals surface area contributed by atoms with Crippen molar-refractivity contribution in [1.82, 2.24) is 4.57 Å². The molecule has 5 nitrogen and oxygen atoms in total.